The van der Waals surface area contributed by atoms with E-state index in [1.54, 1.807) is 24.3 Å². The van der Waals surface area contributed by atoms with E-state index in [2.05, 4.69) is 4.72 Å². The third kappa shape index (κ3) is 4.43. The summed E-state index contributed by atoms with van der Waals surface area (Å²) in [6.07, 6.45) is 0.0161. The van der Waals surface area contributed by atoms with E-state index < -0.39 is 14.9 Å². The highest BCUT2D eigenvalue weighted by Crippen LogP contribution is 2.22. The second-order valence-electron chi connectivity index (χ2n) is 5.05. The van der Waals surface area contributed by atoms with E-state index in [0.29, 0.717) is 11.4 Å². The topological polar surface area (TPSA) is 98.5 Å². The van der Waals surface area contributed by atoms with Crippen molar-refractivity contribution >= 4 is 21.4 Å². The van der Waals surface area contributed by atoms with Crippen LogP contribution in [0.4, 0.5) is 11.4 Å². The molecule has 0 aliphatic carbocycles. The fraction of sp³-hybridized carbons (Fsp3) is 0.200. The van der Waals surface area contributed by atoms with Gasteiger partial charge < -0.3 is 4.74 Å². The molecule has 0 atom stereocenters. The van der Waals surface area contributed by atoms with Crippen molar-refractivity contribution in [2.24, 2.45) is 0 Å². The standard InChI is InChI=1S/C15H16N2O5S/c1-11(2)22-14-8-6-12(7-9-14)16-23(20,21)15-5-3-4-13(10-15)17(18)19/h3-11,16H,1-2H3. The smallest absolute Gasteiger partial charge is 0.270 e. The van der Waals surface area contributed by atoms with Gasteiger partial charge in [-0.15, -0.1) is 0 Å². The number of anilines is 1. The van der Waals surface area contributed by atoms with E-state index in [1.165, 1.54) is 18.2 Å². The predicted octanol–water partition coefficient (Wildman–Crippen LogP) is 3.18. The van der Waals surface area contributed by atoms with Crippen molar-refractivity contribution in [2.45, 2.75) is 24.8 Å². The number of nitro groups is 1. The number of hydrogen-bond donors (Lipinski definition) is 1. The highest BCUT2D eigenvalue weighted by Gasteiger charge is 2.17. The molecule has 23 heavy (non-hydrogen) atoms. The van der Waals surface area contributed by atoms with Crippen LogP contribution in [0.15, 0.2) is 53.4 Å². The summed E-state index contributed by atoms with van der Waals surface area (Å²) in [7, 11) is -3.90. The van der Waals surface area contributed by atoms with Gasteiger partial charge in [-0.3, -0.25) is 14.8 Å². The summed E-state index contributed by atoms with van der Waals surface area (Å²) in [6.45, 7) is 3.78. The Hall–Kier alpha value is -2.61. The quantitative estimate of drug-likeness (QED) is 0.645. The minimum Gasteiger partial charge on any atom is -0.491 e. The molecule has 0 amide bonds. The van der Waals surface area contributed by atoms with E-state index in [1.807, 2.05) is 13.8 Å². The number of nitrogens with zero attached hydrogens (tertiary/aromatic N) is 1. The van der Waals surface area contributed by atoms with Crippen molar-refractivity contribution in [3.05, 3.63) is 58.6 Å². The van der Waals surface area contributed by atoms with Gasteiger partial charge in [-0.1, -0.05) is 6.07 Å². The molecule has 0 bridgehead atoms. The first-order valence-electron chi connectivity index (χ1n) is 6.82. The Labute approximate surface area is 134 Å². The number of rotatable bonds is 6. The summed E-state index contributed by atoms with van der Waals surface area (Å²) < 4.78 is 32.4. The summed E-state index contributed by atoms with van der Waals surface area (Å²) in [5, 5.41) is 10.7. The fourth-order valence-electron chi connectivity index (χ4n) is 1.85. The monoisotopic (exact) mass is 336 g/mol. The lowest BCUT2D eigenvalue weighted by atomic mass is 10.3. The number of nitro benzene ring substituents is 1. The zero-order valence-electron chi connectivity index (χ0n) is 12.6. The van der Waals surface area contributed by atoms with E-state index >= 15 is 0 Å². The maximum atomic E-state index is 12.3. The molecule has 0 fully saturated rings. The van der Waals surface area contributed by atoms with Crippen LogP contribution in [0.1, 0.15) is 13.8 Å². The summed E-state index contributed by atoms with van der Waals surface area (Å²) in [4.78, 5) is 9.93. The molecule has 1 N–H and O–H groups in total. The van der Waals surface area contributed by atoms with Gasteiger partial charge in [-0.05, 0) is 44.2 Å². The molecule has 0 aromatic heterocycles. The minimum atomic E-state index is -3.90. The van der Waals surface area contributed by atoms with Crippen LogP contribution in [0.25, 0.3) is 0 Å². The first-order valence-corrected chi connectivity index (χ1v) is 8.30. The second-order valence-corrected chi connectivity index (χ2v) is 6.73. The molecule has 0 heterocycles. The molecule has 2 aromatic carbocycles. The third-order valence-electron chi connectivity index (χ3n) is 2.82. The van der Waals surface area contributed by atoms with Crippen molar-refractivity contribution in [2.75, 3.05) is 4.72 Å². The normalized spacial score (nSPS) is 11.3. The van der Waals surface area contributed by atoms with Crippen LogP contribution in [0.3, 0.4) is 0 Å². The molecule has 0 spiro atoms. The zero-order chi connectivity index (χ0) is 17.0. The average molecular weight is 336 g/mol. The lowest BCUT2D eigenvalue weighted by Crippen LogP contribution is -2.13. The number of benzene rings is 2. The van der Waals surface area contributed by atoms with Gasteiger partial charge in [0.05, 0.1) is 15.9 Å². The molecular weight excluding hydrogens is 320 g/mol. The Balaban J connectivity index is 2.21. The number of hydrogen-bond acceptors (Lipinski definition) is 5. The maximum absolute atomic E-state index is 12.3. The number of nitrogens with one attached hydrogen (secondary N) is 1. The van der Waals surface area contributed by atoms with Gasteiger partial charge in [-0.25, -0.2) is 8.42 Å². The first kappa shape index (κ1) is 16.8. The van der Waals surface area contributed by atoms with Gasteiger partial charge in [-0.2, -0.15) is 0 Å². The summed E-state index contributed by atoms with van der Waals surface area (Å²) >= 11 is 0. The number of ether oxygens (including phenoxy) is 1. The molecule has 0 unspecified atom stereocenters. The van der Waals surface area contributed by atoms with Crippen molar-refractivity contribution < 1.29 is 18.1 Å². The Kier molecular flexibility index (Phi) is 4.85. The van der Waals surface area contributed by atoms with Crippen molar-refractivity contribution in [3.63, 3.8) is 0 Å². The lowest BCUT2D eigenvalue weighted by Gasteiger charge is -2.11. The van der Waals surface area contributed by atoms with Crippen LogP contribution in [0.5, 0.6) is 5.75 Å². The zero-order valence-corrected chi connectivity index (χ0v) is 13.4. The Morgan fingerprint density at radius 2 is 1.78 bits per heavy atom. The molecule has 0 aliphatic rings. The first-order chi connectivity index (χ1) is 10.8. The Morgan fingerprint density at radius 1 is 1.13 bits per heavy atom. The molecule has 122 valence electrons. The highest BCUT2D eigenvalue weighted by atomic mass is 32.2. The lowest BCUT2D eigenvalue weighted by molar-refractivity contribution is -0.385. The van der Waals surface area contributed by atoms with Crippen molar-refractivity contribution in [3.8, 4) is 5.75 Å². The van der Waals surface area contributed by atoms with E-state index in [9.17, 15) is 18.5 Å². The average Bonchev–Trinajstić information content (AvgIpc) is 2.48. The van der Waals surface area contributed by atoms with E-state index in [0.717, 1.165) is 6.07 Å². The van der Waals surface area contributed by atoms with Crippen LogP contribution in [0, 0.1) is 10.1 Å². The molecule has 8 heteroatoms. The van der Waals surface area contributed by atoms with E-state index in [4.69, 9.17) is 4.74 Å². The number of non-ortho nitro benzene ring substituents is 1. The highest BCUT2D eigenvalue weighted by molar-refractivity contribution is 7.92. The summed E-state index contributed by atoms with van der Waals surface area (Å²) in [5.74, 6) is 0.623. The van der Waals surface area contributed by atoms with Crippen LogP contribution in [-0.4, -0.2) is 19.4 Å². The van der Waals surface area contributed by atoms with Gasteiger partial charge in [0.15, 0.2) is 0 Å². The Morgan fingerprint density at radius 3 is 2.35 bits per heavy atom. The molecule has 0 saturated carbocycles. The summed E-state index contributed by atoms with van der Waals surface area (Å²) in [6, 6.07) is 11.3. The molecule has 7 nitrogen and oxygen atoms in total. The fourth-order valence-corrected chi connectivity index (χ4v) is 2.95. The summed E-state index contributed by atoms with van der Waals surface area (Å²) in [5.41, 5.74) is 0.0566. The SMILES string of the molecule is CC(C)Oc1ccc(NS(=O)(=O)c2cccc([N+](=O)[O-])c2)cc1. The molecule has 0 radical (unpaired) electrons. The van der Waals surface area contributed by atoms with Crippen molar-refractivity contribution in [1.82, 2.24) is 0 Å². The van der Waals surface area contributed by atoms with Gasteiger partial charge >= 0.3 is 0 Å². The maximum Gasteiger partial charge on any atom is 0.270 e. The van der Waals surface area contributed by atoms with Gasteiger partial charge in [0, 0.05) is 17.8 Å². The number of sulfonamides is 1. The van der Waals surface area contributed by atoms with Crippen LogP contribution >= 0.6 is 0 Å². The largest absolute Gasteiger partial charge is 0.491 e. The van der Waals surface area contributed by atoms with Gasteiger partial charge in [0.1, 0.15) is 5.75 Å². The molecular formula is C15H16N2O5S. The molecule has 2 aromatic rings. The Bertz CT molecular complexity index is 801. The van der Waals surface area contributed by atoms with Crippen LogP contribution in [0.2, 0.25) is 0 Å². The third-order valence-corrected chi connectivity index (χ3v) is 4.20. The molecule has 0 saturated heterocycles. The molecule has 2 rings (SSSR count). The predicted molar refractivity (Wildman–Crippen MR) is 86.1 cm³/mol. The second kappa shape index (κ2) is 6.66. The minimum absolute atomic E-state index is 0.0161. The van der Waals surface area contributed by atoms with Crippen LogP contribution < -0.4 is 9.46 Å². The molecule has 0 aliphatic heterocycles. The van der Waals surface area contributed by atoms with E-state index in [-0.39, 0.29) is 16.7 Å². The van der Waals surface area contributed by atoms with Crippen LogP contribution in [-0.2, 0) is 10.0 Å². The van der Waals surface area contributed by atoms with Crippen molar-refractivity contribution in [1.29, 1.82) is 0 Å². The van der Waals surface area contributed by atoms with Gasteiger partial charge in [0.25, 0.3) is 15.7 Å². The van der Waals surface area contributed by atoms with Gasteiger partial charge in [0.2, 0.25) is 0 Å².